The molecule has 0 aliphatic heterocycles. The Bertz CT molecular complexity index is 923. The number of halogens is 1. The average molecular weight is 372 g/mol. The lowest BCUT2D eigenvalue weighted by atomic mass is 10.0. The van der Waals surface area contributed by atoms with Crippen LogP contribution in [0.15, 0.2) is 47.8 Å². The van der Waals surface area contributed by atoms with Gasteiger partial charge < -0.3 is 4.74 Å². The van der Waals surface area contributed by atoms with E-state index in [2.05, 4.69) is 31.0 Å². The fourth-order valence-corrected chi connectivity index (χ4v) is 3.23. The molecule has 0 unspecified atom stereocenters. The molecule has 0 radical (unpaired) electrons. The summed E-state index contributed by atoms with van der Waals surface area (Å²) < 4.78 is 18.8. The quantitative estimate of drug-likeness (QED) is 0.420. The van der Waals surface area contributed by atoms with Gasteiger partial charge in [0.1, 0.15) is 17.4 Å². The first-order valence-corrected chi connectivity index (χ1v) is 8.93. The van der Waals surface area contributed by atoms with E-state index < -0.39 is 10.7 Å². The van der Waals surface area contributed by atoms with E-state index in [0.717, 1.165) is 28.8 Å². The summed E-state index contributed by atoms with van der Waals surface area (Å²) in [5.41, 5.74) is 2.62. The highest BCUT2D eigenvalue weighted by atomic mass is 32.1. The highest BCUT2D eigenvalue weighted by Gasteiger charge is 2.16. The van der Waals surface area contributed by atoms with E-state index in [1.807, 2.05) is 17.5 Å². The Hall–Kier alpha value is -2.80. The number of thiazole rings is 1. The lowest BCUT2D eigenvalue weighted by molar-refractivity contribution is -0.386. The van der Waals surface area contributed by atoms with Gasteiger partial charge in [-0.25, -0.2) is 9.37 Å². The molecule has 1 aromatic heterocycles. The van der Waals surface area contributed by atoms with Crippen molar-refractivity contribution in [1.29, 1.82) is 0 Å². The molecule has 0 amide bonds. The number of nitrogens with zero attached hydrogens (tertiary/aromatic N) is 2. The Balaban J connectivity index is 1.73. The van der Waals surface area contributed by atoms with Crippen molar-refractivity contribution in [2.75, 3.05) is 0 Å². The van der Waals surface area contributed by atoms with E-state index in [0.29, 0.717) is 11.6 Å². The molecule has 3 rings (SSSR count). The first-order chi connectivity index (χ1) is 12.4. The molecule has 0 N–H and O–H groups in total. The molecule has 0 aliphatic carbocycles. The molecule has 0 atom stereocenters. The van der Waals surface area contributed by atoms with E-state index in [9.17, 15) is 14.5 Å². The predicted molar refractivity (Wildman–Crippen MR) is 99.0 cm³/mol. The fourth-order valence-electron chi connectivity index (χ4n) is 2.42. The highest BCUT2D eigenvalue weighted by molar-refractivity contribution is 7.13. The van der Waals surface area contributed by atoms with Gasteiger partial charge in [0, 0.05) is 23.1 Å². The summed E-state index contributed by atoms with van der Waals surface area (Å²) in [4.78, 5) is 14.9. The maximum atomic E-state index is 13.3. The van der Waals surface area contributed by atoms with Crippen molar-refractivity contribution >= 4 is 17.0 Å². The second-order valence-electron chi connectivity index (χ2n) is 6.08. The molecule has 2 aromatic carbocycles. The smallest absolute Gasteiger partial charge is 0.311 e. The third kappa shape index (κ3) is 4.05. The van der Waals surface area contributed by atoms with Crippen LogP contribution in [0.3, 0.4) is 0 Å². The Morgan fingerprint density at radius 2 is 1.96 bits per heavy atom. The summed E-state index contributed by atoms with van der Waals surface area (Å²) in [7, 11) is 0. The number of aromatic nitrogens is 1. The first kappa shape index (κ1) is 18.0. The molecule has 0 fully saturated rings. The van der Waals surface area contributed by atoms with Crippen molar-refractivity contribution in [2.45, 2.75) is 26.4 Å². The predicted octanol–water partition coefficient (Wildman–Crippen LogP) is 5.56. The lowest BCUT2D eigenvalue weighted by Crippen LogP contribution is -2.00. The summed E-state index contributed by atoms with van der Waals surface area (Å²) >= 11 is 1.47. The summed E-state index contributed by atoms with van der Waals surface area (Å²) in [5.74, 6) is -0.230. The topological polar surface area (TPSA) is 65.3 Å². The second-order valence-corrected chi connectivity index (χ2v) is 6.94. The van der Waals surface area contributed by atoms with E-state index in [-0.39, 0.29) is 18.0 Å². The molecule has 26 heavy (non-hydrogen) atoms. The average Bonchev–Trinajstić information content (AvgIpc) is 3.09. The number of nitro groups is 1. The molecule has 3 aromatic rings. The molecular formula is C19H17FN2O3S. The van der Waals surface area contributed by atoms with Gasteiger partial charge in [0.2, 0.25) is 0 Å². The Morgan fingerprint density at radius 1 is 1.23 bits per heavy atom. The number of benzene rings is 2. The van der Waals surface area contributed by atoms with Crippen molar-refractivity contribution in [1.82, 2.24) is 4.98 Å². The van der Waals surface area contributed by atoms with Gasteiger partial charge in [0.25, 0.3) is 0 Å². The van der Waals surface area contributed by atoms with Crippen molar-refractivity contribution in [3.05, 3.63) is 75.0 Å². The SMILES string of the molecule is CC(C)c1ccc(-c2nc(COc3cc(F)ccc3[N+](=O)[O-])cs2)cc1. The minimum Gasteiger partial charge on any atom is -0.480 e. The van der Waals surface area contributed by atoms with Gasteiger partial charge in [-0.1, -0.05) is 38.1 Å². The molecule has 0 saturated carbocycles. The Morgan fingerprint density at radius 3 is 2.62 bits per heavy atom. The number of ether oxygens (including phenoxy) is 1. The van der Waals surface area contributed by atoms with Crippen LogP contribution in [0.25, 0.3) is 10.6 Å². The van der Waals surface area contributed by atoms with Crippen LogP contribution < -0.4 is 4.74 Å². The summed E-state index contributed by atoms with van der Waals surface area (Å²) in [6, 6.07) is 11.3. The van der Waals surface area contributed by atoms with E-state index in [4.69, 9.17) is 4.74 Å². The van der Waals surface area contributed by atoms with Gasteiger partial charge in [0.05, 0.1) is 10.6 Å². The Kier molecular flexibility index (Phi) is 5.27. The second kappa shape index (κ2) is 7.61. The number of hydrogen-bond acceptors (Lipinski definition) is 5. The van der Waals surface area contributed by atoms with Crippen LogP contribution in [0.2, 0.25) is 0 Å². The third-order valence-electron chi connectivity index (χ3n) is 3.87. The zero-order valence-corrected chi connectivity index (χ0v) is 15.1. The molecule has 0 aliphatic rings. The molecule has 0 spiro atoms. The van der Waals surface area contributed by atoms with Crippen LogP contribution in [0.1, 0.15) is 31.0 Å². The van der Waals surface area contributed by atoms with Crippen molar-refractivity contribution < 1.29 is 14.1 Å². The standard InChI is InChI=1S/C19H17FN2O3S/c1-12(2)13-3-5-14(6-4-13)19-21-16(11-26-19)10-25-18-9-15(20)7-8-17(18)22(23)24/h3-9,11-12H,10H2,1-2H3. The van der Waals surface area contributed by atoms with E-state index >= 15 is 0 Å². The Labute approximate surface area is 154 Å². The minimum absolute atomic E-state index is 0.0326. The van der Waals surface area contributed by atoms with Gasteiger partial charge in [-0.15, -0.1) is 11.3 Å². The monoisotopic (exact) mass is 372 g/mol. The van der Waals surface area contributed by atoms with Crippen molar-refractivity contribution in [2.24, 2.45) is 0 Å². The van der Waals surface area contributed by atoms with Crippen molar-refractivity contribution in [3.8, 4) is 16.3 Å². The van der Waals surface area contributed by atoms with E-state index in [1.165, 1.54) is 16.9 Å². The fraction of sp³-hybridized carbons (Fsp3) is 0.211. The van der Waals surface area contributed by atoms with Gasteiger partial charge in [-0.3, -0.25) is 10.1 Å². The molecule has 1 heterocycles. The molecular weight excluding hydrogens is 355 g/mol. The molecule has 134 valence electrons. The number of rotatable bonds is 6. The van der Waals surface area contributed by atoms with Gasteiger partial charge in [-0.2, -0.15) is 0 Å². The summed E-state index contributed by atoms with van der Waals surface area (Å²) in [6.07, 6.45) is 0. The zero-order chi connectivity index (χ0) is 18.7. The van der Waals surface area contributed by atoms with Crippen LogP contribution in [0.4, 0.5) is 10.1 Å². The van der Waals surface area contributed by atoms with Gasteiger partial charge >= 0.3 is 5.69 Å². The maximum Gasteiger partial charge on any atom is 0.311 e. The number of nitro benzene ring substituents is 1. The third-order valence-corrected chi connectivity index (χ3v) is 4.81. The zero-order valence-electron chi connectivity index (χ0n) is 14.3. The highest BCUT2D eigenvalue weighted by Crippen LogP contribution is 2.30. The largest absolute Gasteiger partial charge is 0.480 e. The molecule has 5 nitrogen and oxygen atoms in total. The minimum atomic E-state index is -0.600. The van der Waals surface area contributed by atoms with Gasteiger partial charge in [0.15, 0.2) is 5.75 Å². The van der Waals surface area contributed by atoms with Crippen LogP contribution in [0, 0.1) is 15.9 Å². The van der Waals surface area contributed by atoms with Crippen LogP contribution in [-0.4, -0.2) is 9.91 Å². The van der Waals surface area contributed by atoms with Crippen LogP contribution in [-0.2, 0) is 6.61 Å². The van der Waals surface area contributed by atoms with Crippen LogP contribution in [0.5, 0.6) is 5.75 Å². The lowest BCUT2D eigenvalue weighted by Gasteiger charge is -2.06. The molecule has 0 saturated heterocycles. The summed E-state index contributed by atoms with van der Waals surface area (Å²) in [5, 5.41) is 13.7. The molecule has 0 bridgehead atoms. The van der Waals surface area contributed by atoms with E-state index in [1.54, 1.807) is 0 Å². The van der Waals surface area contributed by atoms with Crippen LogP contribution >= 0.6 is 11.3 Å². The number of hydrogen-bond donors (Lipinski definition) is 0. The van der Waals surface area contributed by atoms with Crippen molar-refractivity contribution in [3.63, 3.8) is 0 Å². The van der Waals surface area contributed by atoms with Gasteiger partial charge in [-0.05, 0) is 17.5 Å². The normalized spacial score (nSPS) is 10.9. The maximum absolute atomic E-state index is 13.3. The molecule has 7 heteroatoms. The summed E-state index contributed by atoms with van der Waals surface area (Å²) in [6.45, 7) is 4.31. The first-order valence-electron chi connectivity index (χ1n) is 8.05.